The SMILES string of the molecule is O=C(NC1CC1c1ccccc1)C12CC3CC(CC(C3)C1)C2. The third-order valence-electron chi connectivity index (χ3n) is 6.85. The van der Waals surface area contributed by atoms with Crippen LogP contribution in [0.4, 0.5) is 0 Å². The number of carbonyl (C=O) groups is 1. The molecular formula is C20H25NO. The van der Waals surface area contributed by atoms with Crippen LogP contribution in [0, 0.1) is 23.2 Å². The molecule has 5 saturated carbocycles. The van der Waals surface area contributed by atoms with Crippen molar-refractivity contribution < 1.29 is 4.79 Å². The molecule has 116 valence electrons. The second-order valence-corrected chi connectivity index (χ2v) is 8.53. The molecule has 6 rings (SSSR count). The van der Waals surface area contributed by atoms with Crippen LogP contribution >= 0.6 is 0 Å². The van der Waals surface area contributed by atoms with Gasteiger partial charge in [0.15, 0.2) is 0 Å². The van der Waals surface area contributed by atoms with Gasteiger partial charge in [0, 0.05) is 17.4 Å². The molecule has 0 spiro atoms. The van der Waals surface area contributed by atoms with Gasteiger partial charge >= 0.3 is 0 Å². The minimum atomic E-state index is 0.0125. The van der Waals surface area contributed by atoms with Gasteiger partial charge in [-0.05, 0) is 68.3 Å². The van der Waals surface area contributed by atoms with E-state index in [2.05, 4.69) is 35.6 Å². The molecule has 2 nitrogen and oxygen atoms in total. The molecule has 1 aromatic rings. The summed E-state index contributed by atoms with van der Waals surface area (Å²) in [5, 5.41) is 3.42. The highest BCUT2D eigenvalue weighted by Gasteiger charge is 2.55. The minimum absolute atomic E-state index is 0.0125. The molecule has 5 aliphatic rings. The fraction of sp³-hybridized carbons (Fsp3) is 0.650. The van der Waals surface area contributed by atoms with E-state index in [-0.39, 0.29) is 5.41 Å². The summed E-state index contributed by atoms with van der Waals surface area (Å²) >= 11 is 0. The minimum Gasteiger partial charge on any atom is -0.352 e. The van der Waals surface area contributed by atoms with Gasteiger partial charge in [-0.1, -0.05) is 30.3 Å². The summed E-state index contributed by atoms with van der Waals surface area (Å²) in [4.78, 5) is 13.0. The van der Waals surface area contributed by atoms with E-state index < -0.39 is 0 Å². The first kappa shape index (κ1) is 13.2. The van der Waals surface area contributed by atoms with Crippen molar-refractivity contribution in [3.63, 3.8) is 0 Å². The molecule has 22 heavy (non-hydrogen) atoms. The van der Waals surface area contributed by atoms with E-state index in [4.69, 9.17) is 0 Å². The molecule has 5 fully saturated rings. The number of nitrogens with one attached hydrogen (secondary N) is 1. The van der Waals surface area contributed by atoms with Crippen LogP contribution in [-0.2, 0) is 4.79 Å². The Bertz CT molecular complexity index is 558. The molecule has 1 N–H and O–H groups in total. The summed E-state index contributed by atoms with van der Waals surface area (Å²) in [5.74, 6) is 3.50. The van der Waals surface area contributed by atoms with Gasteiger partial charge in [-0.2, -0.15) is 0 Å². The quantitative estimate of drug-likeness (QED) is 0.901. The predicted octanol–water partition coefficient (Wildman–Crippen LogP) is 3.88. The maximum absolute atomic E-state index is 13.0. The predicted molar refractivity (Wildman–Crippen MR) is 86.3 cm³/mol. The van der Waals surface area contributed by atoms with Gasteiger partial charge in [0.1, 0.15) is 0 Å². The number of hydrogen-bond acceptors (Lipinski definition) is 1. The van der Waals surface area contributed by atoms with Crippen molar-refractivity contribution in [2.24, 2.45) is 23.2 Å². The summed E-state index contributed by atoms with van der Waals surface area (Å²) < 4.78 is 0. The zero-order chi connectivity index (χ0) is 14.7. The van der Waals surface area contributed by atoms with Crippen LogP contribution in [0.3, 0.4) is 0 Å². The molecule has 0 radical (unpaired) electrons. The summed E-state index contributed by atoms with van der Waals surface area (Å²) in [6, 6.07) is 11.1. The van der Waals surface area contributed by atoms with E-state index in [1.807, 2.05) is 0 Å². The molecule has 2 heteroatoms. The zero-order valence-corrected chi connectivity index (χ0v) is 13.1. The lowest BCUT2D eigenvalue weighted by atomic mass is 9.49. The van der Waals surface area contributed by atoms with Crippen molar-refractivity contribution in [2.75, 3.05) is 0 Å². The molecule has 0 aliphatic heterocycles. The number of rotatable bonds is 3. The van der Waals surface area contributed by atoms with Gasteiger partial charge in [0.2, 0.25) is 5.91 Å². The van der Waals surface area contributed by atoms with E-state index in [0.29, 0.717) is 17.9 Å². The van der Waals surface area contributed by atoms with Crippen molar-refractivity contribution in [3.8, 4) is 0 Å². The summed E-state index contributed by atoms with van der Waals surface area (Å²) in [5.41, 5.74) is 1.40. The number of amides is 1. The average Bonchev–Trinajstić information content (AvgIpc) is 3.26. The van der Waals surface area contributed by atoms with E-state index in [0.717, 1.165) is 24.2 Å². The summed E-state index contributed by atoms with van der Waals surface area (Å²) in [6.45, 7) is 0. The first-order valence-corrected chi connectivity index (χ1v) is 9.08. The number of benzene rings is 1. The maximum Gasteiger partial charge on any atom is 0.226 e. The normalized spacial score (nSPS) is 44.8. The van der Waals surface area contributed by atoms with E-state index in [1.165, 1.54) is 44.1 Å². The maximum atomic E-state index is 13.0. The number of carbonyl (C=O) groups excluding carboxylic acids is 1. The Balaban J connectivity index is 1.28. The Morgan fingerprint density at radius 1 is 0.909 bits per heavy atom. The Kier molecular flexibility index (Phi) is 2.75. The van der Waals surface area contributed by atoms with Crippen LogP contribution in [0.5, 0.6) is 0 Å². The van der Waals surface area contributed by atoms with Crippen molar-refractivity contribution in [3.05, 3.63) is 35.9 Å². The highest BCUT2D eigenvalue weighted by atomic mass is 16.2. The average molecular weight is 295 g/mol. The fourth-order valence-electron chi connectivity index (χ4n) is 6.13. The fourth-order valence-corrected chi connectivity index (χ4v) is 6.13. The van der Waals surface area contributed by atoms with Crippen LogP contribution in [0.2, 0.25) is 0 Å². The molecule has 5 aliphatic carbocycles. The first-order valence-electron chi connectivity index (χ1n) is 9.08. The number of hydrogen-bond donors (Lipinski definition) is 1. The summed E-state index contributed by atoms with van der Waals surface area (Å²) in [6.07, 6.45) is 8.87. The van der Waals surface area contributed by atoms with Gasteiger partial charge in [-0.3, -0.25) is 4.79 Å². The Morgan fingerprint density at radius 3 is 2.09 bits per heavy atom. The van der Waals surface area contributed by atoms with E-state index in [1.54, 1.807) is 0 Å². The molecule has 4 bridgehead atoms. The van der Waals surface area contributed by atoms with Gasteiger partial charge in [0.05, 0.1) is 0 Å². The van der Waals surface area contributed by atoms with Crippen molar-refractivity contribution in [2.45, 2.75) is 56.9 Å². The van der Waals surface area contributed by atoms with Gasteiger partial charge in [-0.25, -0.2) is 0 Å². The largest absolute Gasteiger partial charge is 0.352 e. The topological polar surface area (TPSA) is 29.1 Å². The lowest BCUT2D eigenvalue weighted by Gasteiger charge is -2.55. The van der Waals surface area contributed by atoms with Crippen LogP contribution in [0.1, 0.15) is 56.4 Å². The van der Waals surface area contributed by atoms with Crippen LogP contribution in [-0.4, -0.2) is 11.9 Å². The molecule has 0 aromatic heterocycles. The lowest BCUT2D eigenvalue weighted by Crippen LogP contribution is -2.54. The Hall–Kier alpha value is -1.31. The molecule has 1 amide bonds. The molecule has 0 heterocycles. The van der Waals surface area contributed by atoms with Gasteiger partial charge in [0.25, 0.3) is 0 Å². The van der Waals surface area contributed by atoms with E-state index >= 15 is 0 Å². The van der Waals surface area contributed by atoms with E-state index in [9.17, 15) is 4.79 Å². The smallest absolute Gasteiger partial charge is 0.226 e. The lowest BCUT2D eigenvalue weighted by molar-refractivity contribution is -0.146. The Labute approximate surface area is 132 Å². The van der Waals surface area contributed by atoms with Gasteiger partial charge in [-0.15, -0.1) is 0 Å². The zero-order valence-electron chi connectivity index (χ0n) is 13.1. The standard InChI is InChI=1S/C20H25NO/c22-19(21-18-9-17(18)16-4-2-1-3-5-16)20-10-13-6-14(11-20)8-15(7-13)12-20/h1-5,13-15,17-18H,6-12H2,(H,21,22). The highest BCUT2D eigenvalue weighted by Crippen LogP contribution is 2.60. The molecule has 1 aromatic carbocycles. The van der Waals surface area contributed by atoms with Crippen molar-refractivity contribution in [1.29, 1.82) is 0 Å². The molecular weight excluding hydrogens is 270 g/mol. The second-order valence-electron chi connectivity index (χ2n) is 8.53. The Morgan fingerprint density at radius 2 is 1.50 bits per heavy atom. The van der Waals surface area contributed by atoms with Gasteiger partial charge < -0.3 is 5.32 Å². The molecule has 2 unspecified atom stereocenters. The van der Waals surface area contributed by atoms with Crippen LogP contribution in [0.15, 0.2) is 30.3 Å². The third-order valence-corrected chi connectivity index (χ3v) is 6.85. The van der Waals surface area contributed by atoms with Crippen LogP contribution < -0.4 is 5.32 Å². The first-order chi connectivity index (χ1) is 10.7. The molecule has 2 atom stereocenters. The third kappa shape index (κ3) is 2.03. The van der Waals surface area contributed by atoms with Crippen molar-refractivity contribution in [1.82, 2.24) is 5.32 Å². The second kappa shape index (κ2) is 4.59. The molecule has 0 saturated heterocycles. The van der Waals surface area contributed by atoms with Crippen LogP contribution in [0.25, 0.3) is 0 Å². The monoisotopic (exact) mass is 295 g/mol. The highest BCUT2D eigenvalue weighted by molar-refractivity contribution is 5.84. The van der Waals surface area contributed by atoms with Crippen molar-refractivity contribution >= 4 is 5.91 Å². The summed E-state index contributed by atoms with van der Waals surface area (Å²) in [7, 11) is 0.